The van der Waals surface area contributed by atoms with Gasteiger partial charge in [-0.15, -0.1) is 35.9 Å². The van der Waals surface area contributed by atoms with Crippen molar-refractivity contribution >= 4 is 44.4 Å². The van der Waals surface area contributed by atoms with Crippen LogP contribution in [-0.2, 0) is 26.5 Å². The van der Waals surface area contributed by atoms with E-state index in [2.05, 4.69) is 60.2 Å². The Balaban J connectivity index is 0.000000144. The first-order chi connectivity index (χ1) is 21.8. The van der Waals surface area contributed by atoms with Crippen LogP contribution in [0.4, 0.5) is 5.69 Å². The van der Waals surface area contributed by atoms with E-state index in [1.165, 1.54) is 5.56 Å². The van der Waals surface area contributed by atoms with Crippen molar-refractivity contribution in [2.75, 3.05) is 0 Å². The van der Waals surface area contributed by atoms with Crippen LogP contribution in [0.3, 0.4) is 0 Å². The van der Waals surface area contributed by atoms with Crippen molar-refractivity contribution in [3.63, 3.8) is 0 Å². The molecule has 8 heteroatoms. The molecule has 0 spiro atoms. The van der Waals surface area contributed by atoms with Gasteiger partial charge < -0.3 is 19.9 Å². The first-order valence-electron chi connectivity index (χ1n) is 14.5. The summed E-state index contributed by atoms with van der Waals surface area (Å²) in [6.07, 6.45) is 3.82. The molecular formula is C37H24IrN7. The second-order valence-corrected chi connectivity index (χ2v) is 10.5. The fourth-order valence-corrected chi connectivity index (χ4v) is 5.44. The number of imidazole rings is 2. The van der Waals surface area contributed by atoms with Gasteiger partial charge in [0.1, 0.15) is 0 Å². The third-order valence-electron chi connectivity index (χ3n) is 7.61. The molecule has 0 saturated carbocycles. The van der Waals surface area contributed by atoms with E-state index in [9.17, 15) is 0 Å². The van der Waals surface area contributed by atoms with Gasteiger partial charge in [0.25, 0.3) is 0 Å². The maximum Gasteiger partial charge on any atom is 3.00 e. The number of hydrogen-bond donors (Lipinski definition) is 0. The van der Waals surface area contributed by atoms with Crippen molar-refractivity contribution in [1.82, 2.24) is 29.9 Å². The Morgan fingerprint density at radius 3 is 1.96 bits per heavy atom. The number of para-hydroxylation sites is 4. The smallest absolute Gasteiger partial charge is 0.434 e. The van der Waals surface area contributed by atoms with E-state index >= 15 is 0 Å². The van der Waals surface area contributed by atoms with E-state index in [1.807, 2.05) is 97.2 Å². The minimum atomic E-state index is 0. The van der Waals surface area contributed by atoms with Gasteiger partial charge in [-0.2, -0.15) is 0 Å². The Bertz CT molecular complexity index is 2150. The zero-order valence-electron chi connectivity index (χ0n) is 23.9. The Morgan fingerprint density at radius 1 is 0.600 bits per heavy atom. The molecule has 0 N–H and O–H groups in total. The molecule has 4 aromatic heterocycles. The third kappa shape index (κ3) is 5.69. The van der Waals surface area contributed by atoms with Crippen LogP contribution in [0, 0.1) is 6.07 Å². The van der Waals surface area contributed by atoms with E-state index in [4.69, 9.17) is 4.99 Å². The monoisotopic (exact) mass is 759 g/mol. The molecule has 0 amide bonds. The zero-order chi connectivity index (χ0) is 29.3. The molecule has 7 nitrogen and oxygen atoms in total. The van der Waals surface area contributed by atoms with E-state index in [1.54, 1.807) is 0 Å². The van der Waals surface area contributed by atoms with E-state index in [-0.39, 0.29) is 20.1 Å². The largest absolute Gasteiger partial charge is 3.00 e. The van der Waals surface area contributed by atoms with Crippen molar-refractivity contribution in [3.05, 3.63) is 139 Å². The fraction of sp³-hybridized carbons (Fsp3) is 0.0541. The maximum atomic E-state index is 4.87. The van der Waals surface area contributed by atoms with Crippen molar-refractivity contribution < 1.29 is 20.1 Å². The minimum absolute atomic E-state index is 0. The summed E-state index contributed by atoms with van der Waals surface area (Å²) in [5.41, 5.74) is 10.4. The topological polar surface area (TPSA) is 92.1 Å². The average molecular weight is 759 g/mol. The van der Waals surface area contributed by atoms with Crippen LogP contribution in [0.25, 0.3) is 56.0 Å². The molecule has 1 aliphatic rings. The van der Waals surface area contributed by atoms with Gasteiger partial charge in [-0.3, -0.25) is 9.98 Å². The van der Waals surface area contributed by atoms with Crippen LogP contribution in [0.15, 0.2) is 126 Å². The summed E-state index contributed by atoms with van der Waals surface area (Å²) in [6, 6.07) is 41.0. The van der Waals surface area contributed by atoms with Crippen LogP contribution in [0.1, 0.15) is 17.5 Å². The molecule has 0 atom stereocenters. The zero-order valence-corrected chi connectivity index (χ0v) is 26.3. The SMILES string of the molecule is [Ir+3].[c-]1ccccc1C1=Nc2c(ccc3cccnc23)CC1.c1cc(-c2nc3ccccc3[n-]2)nc(-c2nc3ccccc3[n-]2)c1. The standard InChI is InChI=1S/C19H11N5.C18H13N2.Ir/c1-2-7-13-12(6-1)21-18(22-13)16-10-5-11-17(20-16)19-23-14-8-3-4-9-15(14)24-19;1-2-5-13(6-3-1)16-11-10-15-9-8-14-7-4-12-19-17(14)18(15)20-16;/h1-11H;1-5,7-9,12H,10-11H2;/q-2;-1;+3. The van der Waals surface area contributed by atoms with Crippen LogP contribution >= 0.6 is 0 Å². The third-order valence-corrected chi connectivity index (χ3v) is 7.61. The number of benzene rings is 4. The van der Waals surface area contributed by atoms with Crippen LogP contribution in [-0.4, -0.2) is 25.6 Å². The molecule has 0 saturated heterocycles. The predicted octanol–water partition coefficient (Wildman–Crippen LogP) is 7.53. The summed E-state index contributed by atoms with van der Waals surface area (Å²) in [5.74, 6) is 1.24. The minimum Gasteiger partial charge on any atom is -0.434 e. The Kier molecular flexibility index (Phi) is 7.82. The van der Waals surface area contributed by atoms with E-state index < -0.39 is 0 Å². The number of aliphatic imine (C=N–C) groups is 1. The fourth-order valence-electron chi connectivity index (χ4n) is 5.44. The summed E-state index contributed by atoms with van der Waals surface area (Å²) < 4.78 is 0. The number of nitrogens with zero attached hydrogens (tertiary/aromatic N) is 7. The first kappa shape index (κ1) is 28.5. The van der Waals surface area contributed by atoms with Crippen LogP contribution < -0.4 is 9.97 Å². The number of fused-ring (bicyclic) bond motifs is 5. The normalized spacial score (nSPS) is 12.2. The number of aromatic nitrogens is 6. The molecule has 216 valence electrons. The second kappa shape index (κ2) is 12.4. The van der Waals surface area contributed by atoms with Gasteiger partial charge in [0.05, 0.1) is 22.6 Å². The number of rotatable bonds is 3. The summed E-state index contributed by atoms with van der Waals surface area (Å²) in [4.78, 5) is 32.2. The Morgan fingerprint density at radius 2 is 1.29 bits per heavy atom. The van der Waals surface area contributed by atoms with Gasteiger partial charge in [-0.25, -0.2) is 4.98 Å². The van der Waals surface area contributed by atoms with Gasteiger partial charge >= 0.3 is 20.1 Å². The molecule has 45 heavy (non-hydrogen) atoms. The molecule has 8 aromatic rings. The van der Waals surface area contributed by atoms with Crippen LogP contribution in [0.2, 0.25) is 0 Å². The van der Waals surface area contributed by atoms with E-state index in [0.29, 0.717) is 11.6 Å². The number of pyridine rings is 2. The quantitative estimate of drug-likeness (QED) is 0.173. The van der Waals surface area contributed by atoms with Gasteiger partial charge in [-0.05, 0) is 76.0 Å². The van der Waals surface area contributed by atoms with Crippen molar-refractivity contribution in [2.45, 2.75) is 12.8 Å². The van der Waals surface area contributed by atoms with Gasteiger partial charge in [-0.1, -0.05) is 72.8 Å². The van der Waals surface area contributed by atoms with Gasteiger partial charge in [0.2, 0.25) is 0 Å². The molecule has 4 aromatic carbocycles. The van der Waals surface area contributed by atoms with E-state index in [0.717, 1.165) is 74.2 Å². The average Bonchev–Trinajstić information content (AvgIpc) is 3.74. The first-order valence-corrected chi connectivity index (χ1v) is 14.5. The molecule has 0 bridgehead atoms. The van der Waals surface area contributed by atoms with Crippen molar-refractivity contribution in [3.8, 4) is 23.0 Å². The maximum absolute atomic E-state index is 4.87. The molecule has 0 radical (unpaired) electrons. The molecular weight excluding hydrogens is 735 g/mol. The van der Waals surface area contributed by atoms with Gasteiger partial charge in [0, 0.05) is 11.6 Å². The Labute approximate surface area is 272 Å². The number of aryl methyl sites for hydroxylation is 1. The van der Waals surface area contributed by atoms with Crippen molar-refractivity contribution in [1.29, 1.82) is 0 Å². The molecule has 0 fully saturated rings. The predicted molar refractivity (Wildman–Crippen MR) is 174 cm³/mol. The van der Waals surface area contributed by atoms with Crippen LogP contribution in [0.5, 0.6) is 0 Å². The molecule has 9 rings (SSSR count). The summed E-state index contributed by atoms with van der Waals surface area (Å²) in [6.45, 7) is 0. The molecule has 5 heterocycles. The summed E-state index contributed by atoms with van der Waals surface area (Å²) in [7, 11) is 0. The Hall–Kier alpha value is -5.30. The second-order valence-electron chi connectivity index (χ2n) is 10.5. The molecule has 1 aliphatic heterocycles. The summed E-state index contributed by atoms with van der Waals surface area (Å²) >= 11 is 0. The summed E-state index contributed by atoms with van der Waals surface area (Å²) in [5, 5.41) is 1.15. The number of hydrogen-bond acceptors (Lipinski definition) is 5. The van der Waals surface area contributed by atoms with Gasteiger partial charge in [0.15, 0.2) is 0 Å². The van der Waals surface area contributed by atoms with Crippen molar-refractivity contribution in [2.24, 2.45) is 4.99 Å². The molecule has 0 aliphatic carbocycles. The molecule has 0 unspecified atom stereocenters.